The van der Waals surface area contributed by atoms with E-state index in [1.807, 2.05) is 0 Å². The predicted molar refractivity (Wildman–Crippen MR) is 75.9 cm³/mol. The third kappa shape index (κ3) is 3.88. The van der Waals surface area contributed by atoms with Gasteiger partial charge in [0.05, 0.1) is 0 Å². The Labute approximate surface area is 116 Å². The van der Waals surface area contributed by atoms with E-state index in [0.29, 0.717) is 38.1 Å². The fourth-order valence-electron chi connectivity index (χ4n) is 2.97. The Hall–Kier alpha value is -0.210. The SMILES string of the molecule is CN1CCCC1CNS(=O)(=O)N1CCCC(CN)C1. The zero-order chi connectivity index (χ0) is 13.9. The molecule has 2 fully saturated rings. The Bertz CT molecular complexity index is 387. The molecule has 0 saturated carbocycles. The average Bonchev–Trinajstić information content (AvgIpc) is 2.82. The maximum Gasteiger partial charge on any atom is 0.279 e. The van der Waals surface area contributed by atoms with Gasteiger partial charge in [-0.3, -0.25) is 0 Å². The van der Waals surface area contributed by atoms with E-state index in [1.54, 1.807) is 4.31 Å². The number of hydrogen-bond donors (Lipinski definition) is 2. The molecule has 7 heteroatoms. The van der Waals surface area contributed by atoms with Gasteiger partial charge in [-0.25, -0.2) is 4.72 Å². The highest BCUT2D eigenvalue weighted by Crippen LogP contribution is 2.18. The van der Waals surface area contributed by atoms with Crippen LogP contribution in [0.25, 0.3) is 0 Å². The number of likely N-dealkylation sites (tertiary alicyclic amines) is 1. The van der Waals surface area contributed by atoms with Crippen molar-refractivity contribution >= 4 is 10.2 Å². The Balaban J connectivity index is 1.87. The lowest BCUT2D eigenvalue weighted by Crippen LogP contribution is -2.49. The second-order valence-electron chi connectivity index (χ2n) is 5.73. The summed E-state index contributed by atoms with van der Waals surface area (Å²) in [5.74, 6) is 0.305. The maximum absolute atomic E-state index is 12.3. The van der Waals surface area contributed by atoms with Gasteiger partial charge in [0.1, 0.15) is 0 Å². The number of rotatable bonds is 5. The van der Waals surface area contributed by atoms with Crippen molar-refractivity contribution in [2.75, 3.05) is 39.8 Å². The van der Waals surface area contributed by atoms with Gasteiger partial charge in [-0.05, 0) is 51.7 Å². The summed E-state index contributed by atoms with van der Waals surface area (Å²) in [6.45, 7) is 3.32. The molecule has 0 aromatic carbocycles. The smallest absolute Gasteiger partial charge is 0.279 e. The van der Waals surface area contributed by atoms with Crippen LogP contribution in [0, 0.1) is 5.92 Å². The van der Waals surface area contributed by atoms with Gasteiger partial charge in [-0.2, -0.15) is 12.7 Å². The van der Waals surface area contributed by atoms with Crippen LogP contribution in [0.4, 0.5) is 0 Å². The molecule has 0 aromatic rings. The minimum Gasteiger partial charge on any atom is -0.330 e. The van der Waals surface area contributed by atoms with Gasteiger partial charge >= 0.3 is 0 Å². The molecule has 112 valence electrons. The Kier molecular flexibility index (Phi) is 5.19. The highest BCUT2D eigenvalue weighted by molar-refractivity contribution is 7.87. The quantitative estimate of drug-likeness (QED) is 0.721. The van der Waals surface area contributed by atoms with Crippen LogP contribution in [-0.2, 0) is 10.2 Å². The van der Waals surface area contributed by atoms with Crippen molar-refractivity contribution in [1.29, 1.82) is 0 Å². The first-order chi connectivity index (χ1) is 9.03. The first-order valence-corrected chi connectivity index (χ1v) is 8.62. The number of nitrogens with zero attached hydrogens (tertiary/aromatic N) is 2. The van der Waals surface area contributed by atoms with E-state index in [1.165, 1.54) is 0 Å². The number of nitrogens with two attached hydrogens (primary N) is 1. The van der Waals surface area contributed by atoms with Crippen LogP contribution in [0.5, 0.6) is 0 Å². The topological polar surface area (TPSA) is 78.7 Å². The van der Waals surface area contributed by atoms with E-state index in [2.05, 4.69) is 16.7 Å². The van der Waals surface area contributed by atoms with Crippen molar-refractivity contribution in [1.82, 2.24) is 13.9 Å². The minimum absolute atomic E-state index is 0.305. The molecule has 0 aliphatic carbocycles. The normalized spacial score (nSPS) is 30.8. The standard InChI is InChI=1S/C12H26N4O2S/c1-15-6-3-5-12(15)9-14-19(17,18)16-7-2-4-11(8-13)10-16/h11-12,14H,2-10,13H2,1H3. The summed E-state index contributed by atoms with van der Waals surface area (Å²) in [6, 6.07) is 0.338. The van der Waals surface area contributed by atoms with Crippen LogP contribution < -0.4 is 10.5 Å². The van der Waals surface area contributed by atoms with Gasteiger partial charge in [0, 0.05) is 25.7 Å². The first-order valence-electron chi connectivity index (χ1n) is 7.18. The highest BCUT2D eigenvalue weighted by atomic mass is 32.2. The van der Waals surface area contributed by atoms with Gasteiger partial charge in [0.25, 0.3) is 10.2 Å². The molecule has 19 heavy (non-hydrogen) atoms. The zero-order valence-corrected chi connectivity index (χ0v) is 12.5. The van der Waals surface area contributed by atoms with E-state index in [4.69, 9.17) is 5.73 Å². The molecule has 2 heterocycles. The predicted octanol–water partition coefficient (Wildman–Crippen LogP) is -0.414. The molecule has 2 aliphatic rings. The molecule has 2 aliphatic heterocycles. The van der Waals surface area contributed by atoms with Crippen molar-refractivity contribution < 1.29 is 8.42 Å². The number of hydrogen-bond acceptors (Lipinski definition) is 4. The second kappa shape index (κ2) is 6.49. The summed E-state index contributed by atoms with van der Waals surface area (Å²) in [5.41, 5.74) is 5.65. The van der Waals surface area contributed by atoms with Gasteiger partial charge in [0.2, 0.25) is 0 Å². The molecular weight excluding hydrogens is 264 g/mol. The van der Waals surface area contributed by atoms with Crippen LogP contribution in [0.2, 0.25) is 0 Å². The summed E-state index contributed by atoms with van der Waals surface area (Å²) in [6.07, 6.45) is 4.17. The molecule has 2 atom stereocenters. The maximum atomic E-state index is 12.3. The Morgan fingerprint density at radius 2 is 2.00 bits per heavy atom. The van der Waals surface area contributed by atoms with Gasteiger partial charge < -0.3 is 10.6 Å². The lowest BCUT2D eigenvalue weighted by Gasteiger charge is -2.32. The number of likely N-dealkylation sites (N-methyl/N-ethyl adjacent to an activating group) is 1. The fraction of sp³-hybridized carbons (Fsp3) is 1.00. The molecule has 0 aromatic heterocycles. The van der Waals surface area contributed by atoms with Gasteiger partial charge in [-0.15, -0.1) is 0 Å². The summed E-state index contributed by atoms with van der Waals surface area (Å²) < 4.78 is 28.9. The van der Waals surface area contributed by atoms with Crippen molar-refractivity contribution in [2.45, 2.75) is 31.7 Å². The van der Waals surface area contributed by atoms with Gasteiger partial charge in [-0.1, -0.05) is 0 Å². The minimum atomic E-state index is -3.34. The van der Waals surface area contributed by atoms with E-state index in [9.17, 15) is 8.42 Å². The molecule has 2 saturated heterocycles. The molecule has 2 unspecified atom stereocenters. The second-order valence-corrected chi connectivity index (χ2v) is 7.49. The molecule has 2 rings (SSSR count). The monoisotopic (exact) mass is 290 g/mol. The largest absolute Gasteiger partial charge is 0.330 e. The Morgan fingerprint density at radius 3 is 2.63 bits per heavy atom. The molecule has 0 bridgehead atoms. The van der Waals surface area contributed by atoms with Gasteiger partial charge in [0.15, 0.2) is 0 Å². The average molecular weight is 290 g/mol. The van der Waals surface area contributed by atoms with E-state index < -0.39 is 10.2 Å². The van der Waals surface area contributed by atoms with Crippen LogP contribution in [0.15, 0.2) is 0 Å². The highest BCUT2D eigenvalue weighted by Gasteiger charge is 2.29. The summed E-state index contributed by atoms with van der Waals surface area (Å²) in [5, 5.41) is 0. The molecule has 6 nitrogen and oxygen atoms in total. The van der Waals surface area contributed by atoms with Crippen LogP contribution in [0.3, 0.4) is 0 Å². The van der Waals surface area contributed by atoms with Crippen LogP contribution >= 0.6 is 0 Å². The molecule has 0 radical (unpaired) electrons. The van der Waals surface area contributed by atoms with Crippen molar-refractivity contribution in [3.63, 3.8) is 0 Å². The number of nitrogens with one attached hydrogen (secondary N) is 1. The third-order valence-corrected chi connectivity index (χ3v) is 5.87. The third-order valence-electron chi connectivity index (χ3n) is 4.33. The summed E-state index contributed by atoms with van der Waals surface area (Å²) in [4.78, 5) is 2.22. The lowest BCUT2D eigenvalue weighted by molar-refractivity contribution is 0.264. The van der Waals surface area contributed by atoms with E-state index in [-0.39, 0.29) is 0 Å². The van der Waals surface area contributed by atoms with E-state index in [0.717, 1.165) is 32.2 Å². The summed E-state index contributed by atoms with van der Waals surface area (Å²) in [7, 11) is -1.28. The molecular formula is C12H26N4O2S. The number of piperidine rings is 1. The van der Waals surface area contributed by atoms with Crippen LogP contribution in [-0.4, -0.2) is 63.4 Å². The summed E-state index contributed by atoms with van der Waals surface area (Å²) >= 11 is 0. The lowest BCUT2D eigenvalue weighted by atomic mass is 10.0. The van der Waals surface area contributed by atoms with E-state index >= 15 is 0 Å². The van der Waals surface area contributed by atoms with Crippen LogP contribution in [0.1, 0.15) is 25.7 Å². The van der Waals surface area contributed by atoms with Crippen molar-refractivity contribution in [2.24, 2.45) is 11.7 Å². The molecule has 0 amide bonds. The molecule has 0 spiro atoms. The Morgan fingerprint density at radius 1 is 1.26 bits per heavy atom. The molecule has 3 N–H and O–H groups in total. The van der Waals surface area contributed by atoms with Crippen molar-refractivity contribution in [3.05, 3.63) is 0 Å². The van der Waals surface area contributed by atoms with Crippen molar-refractivity contribution in [3.8, 4) is 0 Å². The fourth-order valence-corrected chi connectivity index (χ4v) is 4.33. The zero-order valence-electron chi connectivity index (χ0n) is 11.7. The first kappa shape index (κ1) is 15.2.